The summed E-state index contributed by atoms with van der Waals surface area (Å²) >= 11 is 0. The summed E-state index contributed by atoms with van der Waals surface area (Å²) in [5.74, 6) is 0.501. The number of nitrogens with one attached hydrogen (secondary N) is 1. The number of methoxy groups -OCH3 is 1. The Kier molecular flexibility index (Phi) is 7.63. The van der Waals surface area contributed by atoms with Crippen LogP contribution in [-0.4, -0.2) is 66.8 Å². The van der Waals surface area contributed by atoms with Gasteiger partial charge in [0.05, 0.1) is 12.8 Å². The maximum atomic E-state index is 12.3. The molecule has 0 spiro atoms. The third-order valence-electron chi connectivity index (χ3n) is 5.71. The minimum Gasteiger partial charge on any atom is -0.497 e. The Bertz CT molecular complexity index is 732. The highest BCUT2D eigenvalue weighted by Crippen LogP contribution is 2.18. The van der Waals surface area contributed by atoms with Crippen molar-refractivity contribution in [2.24, 2.45) is 5.10 Å². The van der Waals surface area contributed by atoms with Crippen LogP contribution >= 0.6 is 0 Å². The number of likely N-dealkylation sites (tertiary alicyclic amines) is 1. The van der Waals surface area contributed by atoms with Gasteiger partial charge in [-0.25, -0.2) is 5.01 Å². The van der Waals surface area contributed by atoms with Gasteiger partial charge in [-0.1, -0.05) is 6.42 Å². The van der Waals surface area contributed by atoms with Gasteiger partial charge in [0.25, 0.3) is 0 Å². The fourth-order valence-electron chi connectivity index (χ4n) is 3.91. The average molecular weight is 401 g/mol. The van der Waals surface area contributed by atoms with E-state index >= 15 is 0 Å². The number of hydrazone groups is 1. The molecule has 0 saturated carbocycles. The number of nitrogens with zero attached hydrogens (tertiary/aromatic N) is 3. The molecule has 2 aliphatic heterocycles. The van der Waals surface area contributed by atoms with Crippen molar-refractivity contribution in [2.45, 2.75) is 51.5 Å². The van der Waals surface area contributed by atoms with E-state index in [0.29, 0.717) is 25.4 Å². The van der Waals surface area contributed by atoms with Gasteiger partial charge < -0.3 is 15.0 Å². The molecule has 3 rings (SSSR count). The zero-order valence-corrected chi connectivity index (χ0v) is 17.5. The van der Waals surface area contributed by atoms with E-state index in [2.05, 4.69) is 22.2 Å². The second-order valence-corrected chi connectivity index (χ2v) is 7.81. The van der Waals surface area contributed by atoms with Gasteiger partial charge >= 0.3 is 0 Å². The first-order chi connectivity index (χ1) is 14.1. The van der Waals surface area contributed by atoms with Gasteiger partial charge in [-0.3, -0.25) is 9.59 Å². The highest BCUT2D eigenvalue weighted by molar-refractivity contribution is 6.04. The first-order valence-electron chi connectivity index (χ1n) is 10.6. The van der Waals surface area contributed by atoms with E-state index < -0.39 is 0 Å². The largest absolute Gasteiger partial charge is 0.497 e. The Morgan fingerprint density at radius 2 is 2.03 bits per heavy atom. The van der Waals surface area contributed by atoms with Crippen molar-refractivity contribution in [2.75, 3.05) is 33.3 Å². The molecular formula is C22H32N4O3. The lowest BCUT2D eigenvalue weighted by atomic mass is 10.0. The van der Waals surface area contributed by atoms with Crippen molar-refractivity contribution < 1.29 is 14.3 Å². The van der Waals surface area contributed by atoms with Gasteiger partial charge in [-0.05, 0) is 62.6 Å². The number of amides is 2. The van der Waals surface area contributed by atoms with Gasteiger partial charge in [-0.2, -0.15) is 5.10 Å². The third-order valence-corrected chi connectivity index (χ3v) is 5.71. The van der Waals surface area contributed by atoms with E-state index in [9.17, 15) is 9.59 Å². The first-order valence-corrected chi connectivity index (χ1v) is 10.6. The Hall–Kier alpha value is -2.41. The number of ether oxygens (including phenoxy) is 1. The topological polar surface area (TPSA) is 74.2 Å². The van der Waals surface area contributed by atoms with E-state index in [1.807, 2.05) is 24.3 Å². The first kappa shape index (κ1) is 21.3. The molecule has 1 fully saturated rings. The molecule has 2 amide bonds. The summed E-state index contributed by atoms with van der Waals surface area (Å²) in [5.41, 5.74) is 1.76. The molecule has 0 bridgehead atoms. The fraction of sp³-hybridized carbons (Fsp3) is 0.591. The second-order valence-electron chi connectivity index (χ2n) is 7.81. The van der Waals surface area contributed by atoms with Crippen molar-refractivity contribution in [3.8, 4) is 5.75 Å². The molecular weight excluding hydrogens is 368 g/mol. The summed E-state index contributed by atoms with van der Waals surface area (Å²) < 4.78 is 5.18. The maximum Gasteiger partial charge on any atom is 0.243 e. The van der Waals surface area contributed by atoms with Crippen molar-refractivity contribution in [3.63, 3.8) is 0 Å². The molecule has 0 radical (unpaired) electrons. The van der Waals surface area contributed by atoms with E-state index in [1.165, 1.54) is 24.3 Å². The Labute approximate surface area is 173 Å². The number of hydrogen-bond donors (Lipinski definition) is 1. The minimum absolute atomic E-state index is 0.0292. The normalized spacial score (nSPS) is 20.3. The predicted molar refractivity (Wildman–Crippen MR) is 113 cm³/mol. The molecule has 7 heteroatoms. The molecule has 1 aromatic rings. The molecule has 7 nitrogen and oxygen atoms in total. The minimum atomic E-state index is -0.162. The zero-order chi connectivity index (χ0) is 20.6. The average Bonchev–Trinajstić information content (AvgIpc) is 2.74. The van der Waals surface area contributed by atoms with Crippen LogP contribution in [0.5, 0.6) is 5.75 Å². The molecule has 0 aliphatic carbocycles. The van der Waals surface area contributed by atoms with Crippen LogP contribution in [0.15, 0.2) is 29.4 Å². The number of piperidine rings is 1. The van der Waals surface area contributed by atoms with E-state index in [1.54, 1.807) is 7.11 Å². The number of carbonyl (C=O) groups is 2. The lowest BCUT2D eigenvalue weighted by Crippen LogP contribution is -2.42. The molecule has 0 unspecified atom stereocenters. The Balaban J connectivity index is 1.47. The van der Waals surface area contributed by atoms with E-state index in [0.717, 1.165) is 36.5 Å². The van der Waals surface area contributed by atoms with Crippen LogP contribution in [0.4, 0.5) is 0 Å². The van der Waals surface area contributed by atoms with Crippen LogP contribution in [0.2, 0.25) is 0 Å². The van der Waals surface area contributed by atoms with Gasteiger partial charge in [0.15, 0.2) is 0 Å². The molecule has 2 heterocycles. The molecule has 2 aliphatic rings. The lowest BCUT2D eigenvalue weighted by molar-refractivity contribution is -0.136. The molecule has 1 aromatic carbocycles. The van der Waals surface area contributed by atoms with Gasteiger partial charge in [0.1, 0.15) is 12.3 Å². The molecule has 1 N–H and O–H groups in total. The standard InChI is InChI=1S/C22H32N4O3/c1-17-6-3-4-14-25(17)15-5-13-23-21(27)16-26-22(28)12-11-20(24-26)18-7-9-19(29-2)10-8-18/h7-10,17H,3-6,11-16H2,1-2H3,(H,23,27)/t17-/m0/s1. The molecule has 1 saturated heterocycles. The van der Waals surface area contributed by atoms with Crippen LogP contribution < -0.4 is 10.1 Å². The third kappa shape index (κ3) is 6.03. The van der Waals surface area contributed by atoms with Crippen molar-refractivity contribution in [1.29, 1.82) is 0 Å². The number of hydrogen-bond acceptors (Lipinski definition) is 5. The summed E-state index contributed by atoms with van der Waals surface area (Å²) in [4.78, 5) is 27.0. The summed E-state index contributed by atoms with van der Waals surface area (Å²) in [6.45, 7) is 5.03. The quantitative estimate of drug-likeness (QED) is 0.680. The summed E-state index contributed by atoms with van der Waals surface area (Å²) in [6.07, 6.45) is 5.71. The zero-order valence-electron chi connectivity index (χ0n) is 17.5. The van der Waals surface area contributed by atoms with E-state index in [4.69, 9.17) is 4.74 Å². The Morgan fingerprint density at radius 3 is 2.76 bits per heavy atom. The molecule has 1 atom stereocenters. The second kappa shape index (κ2) is 10.4. The van der Waals surface area contributed by atoms with Gasteiger partial charge in [0, 0.05) is 32.0 Å². The smallest absolute Gasteiger partial charge is 0.243 e. The number of carbonyl (C=O) groups excluding carboxylic acids is 2. The monoisotopic (exact) mass is 400 g/mol. The van der Waals surface area contributed by atoms with Crippen molar-refractivity contribution in [3.05, 3.63) is 29.8 Å². The van der Waals surface area contributed by atoms with Crippen LogP contribution in [0.25, 0.3) is 0 Å². The summed E-state index contributed by atoms with van der Waals surface area (Å²) in [7, 11) is 1.62. The van der Waals surface area contributed by atoms with Crippen LogP contribution in [-0.2, 0) is 9.59 Å². The Morgan fingerprint density at radius 1 is 1.24 bits per heavy atom. The molecule has 158 valence electrons. The molecule has 29 heavy (non-hydrogen) atoms. The van der Waals surface area contributed by atoms with Crippen LogP contribution in [0.1, 0.15) is 51.0 Å². The SMILES string of the molecule is COc1ccc(C2=NN(CC(=O)NCCCN3CCCC[C@@H]3C)C(=O)CC2)cc1. The summed E-state index contributed by atoms with van der Waals surface area (Å²) in [6, 6.07) is 8.22. The summed E-state index contributed by atoms with van der Waals surface area (Å²) in [5, 5.41) is 8.66. The molecule has 0 aromatic heterocycles. The van der Waals surface area contributed by atoms with Crippen molar-refractivity contribution in [1.82, 2.24) is 15.2 Å². The number of rotatable bonds is 8. The van der Waals surface area contributed by atoms with Gasteiger partial charge in [-0.15, -0.1) is 0 Å². The predicted octanol–water partition coefficient (Wildman–Crippen LogP) is 2.40. The number of benzene rings is 1. The van der Waals surface area contributed by atoms with Crippen LogP contribution in [0.3, 0.4) is 0 Å². The maximum absolute atomic E-state index is 12.3. The fourth-order valence-corrected chi connectivity index (χ4v) is 3.91. The van der Waals surface area contributed by atoms with Crippen LogP contribution in [0, 0.1) is 0 Å². The van der Waals surface area contributed by atoms with E-state index in [-0.39, 0.29) is 18.4 Å². The lowest BCUT2D eigenvalue weighted by Gasteiger charge is -2.33. The highest BCUT2D eigenvalue weighted by atomic mass is 16.5. The van der Waals surface area contributed by atoms with Gasteiger partial charge in [0.2, 0.25) is 11.8 Å². The highest BCUT2D eigenvalue weighted by Gasteiger charge is 2.23. The van der Waals surface area contributed by atoms with Crippen molar-refractivity contribution >= 4 is 17.5 Å².